The molecule has 0 atom stereocenters. The van der Waals surface area contributed by atoms with E-state index in [1.54, 1.807) is 0 Å². The van der Waals surface area contributed by atoms with Gasteiger partial charge in [0.05, 0.1) is 0 Å². The molecule has 15 heavy (non-hydrogen) atoms. The van der Waals surface area contributed by atoms with Gasteiger partial charge in [0.15, 0.2) is 0 Å². The Morgan fingerprint density at radius 3 is 2.20 bits per heavy atom. The first-order chi connectivity index (χ1) is 6.90. The summed E-state index contributed by atoms with van der Waals surface area (Å²) >= 11 is 0. The normalized spacial score (nSPS) is 11.8. The standard InChI is InChI=1S/C11H14F3N/c1-11(2,14)7-15-6-8-9(12)4-3-5-10(8)13/h3-5,15H,6-7H2,1-2H3. The summed E-state index contributed by atoms with van der Waals surface area (Å²) in [6.45, 7) is 2.85. The van der Waals surface area contributed by atoms with Gasteiger partial charge in [-0.25, -0.2) is 13.2 Å². The van der Waals surface area contributed by atoms with Crippen molar-refractivity contribution in [2.45, 2.75) is 26.1 Å². The minimum Gasteiger partial charge on any atom is -0.309 e. The van der Waals surface area contributed by atoms with Crippen molar-refractivity contribution in [1.82, 2.24) is 5.32 Å². The predicted molar refractivity (Wildman–Crippen MR) is 53.3 cm³/mol. The van der Waals surface area contributed by atoms with Crippen molar-refractivity contribution in [3.8, 4) is 0 Å². The monoisotopic (exact) mass is 217 g/mol. The molecule has 1 aromatic carbocycles. The molecule has 84 valence electrons. The zero-order chi connectivity index (χ0) is 11.5. The topological polar surface area (TPSA) is 12.0 Å². The van der Waals surface area contributed by atoms with Gasteiger partial charge in [0.1, 0.15) is 17.3 Å². The maximum Gasteiger partial charge on any atom is 0.130 e. The average molecular weight is 217 g/mol. The van der Waals surface area contributed by atoms with Crippen LogP contribution in [-0.2, 0) is 6.54 Å². The first-order valence-electron chi connectivity index (χ1n) is 4.73. The number of halogens is 3. The lowest BCUT2D eigenvalue weighted by atomic mass is 10.1. The van der Waals surface area contributed by atoms with Crippen LogP contribution >= 0.6 is 0 Å². The molecule has 1 nitrogen and oxygen atoms in total. The summed E-state index contributed by atoms with van der Waals surface area (Å²) in [6, 6.07) is 3.66. The van der Waals surface area contributed by atoms with Gasteiger partial charge in [-0.15, -0.1) is 0 Å². The van der Waals surface area contributed by atoms with Crippen molar-refractivity contribution in [1.29, 1.82) is 0 Å². The third-order valence-corrected chi connectivity index (χ3v) is 1.91. The van der Waals surface area contributed by atoms with Crippen LogP contribution in [0.15, 0.2) is 18.2 Å². The maximum atomic E-state index is 13.1. The Labute approximate surface area is 87.3 Å². The summed E-state index contributed by atoms with van der Waals surface area (Å²) in [5.41, 5.74) is -1.44. The molecule has 0 saturated heterocycles. The quantitative estimate of drug-likeness (QED) is 0.817. The molecule has 1 N–H and O–H groups in total. The molecule has 0 heterocycles. The van der Waals surface area contributed by atoms with Gasteiger partial charge in [-0.2, -0.15) is 0 Å². The van der Waals surface area contributed by atoms with Crippen molar-refractivity contribution in [3.63, 3.8) is 0 Å². The van der Waals surface area contributed by atoms with Crippen molar-refractivity contribution in [3.05, 3.63) is 35.4 Å². The van der Waals surface area contributed by atoms with Crippen LogP contribution in [0.4, 0.5) is 13.2 Å². The molecule has 1 aromatic rings. The average Bonchev–Trinajstić information content (AvgIpc) is 2.08. The Morgan fingerprint density at radius 1 is 1.20 bits per heavy atom. The summed E-state index contributed by atoms with van der Waals surface area (Å²) < 4.78 is 39.2. The summed E-state index contributed by atoms with van der Waals surface area (Å²) in [5, 5.41) is 2.67. The molecule has 0 unspecified atom stereocenters. The highest BCUT2D eigenvalue weighted by Gasteiger charge is 2.15. The second kappa shape index (κ2) is 4.66. The van der Waals surface area contributed by atoms with Crippen LogP contribution in [-0.4, -0.2) is 12.2 Å². The van der Waals surface area contributed by atoms with Gasteiger partial charge >= 0.3 is 0 Å². The Kier molecular flexibility index (Phi) is 3.74. The maximum absolute atomic E-state index is 13.1. The number of hydrogen-bond donors (Lipinski definition) is 1. The van der Waals surface area contributed by atoms with Crippen LogP contribution in [0.25, 0.3) is 0 Å². The SMILES string of the molecule is CC(C)(F)CNCc1c(F)cccc1F. The number of alkyl halides is 1. The molecule has 0 aromatic heterocycles. The summed E-state index contributed by atoms with van der Waals surface area (Å²) in [5.74, 6) is -1.22. The van der Waals surface area contributed by atoms with E-state index in [4.69, 9.17) is 0 Å². The molecule has 0 bridgehead atoms. The molecular weight excluding hydrogens is 203 g/mol. The van der Waals surface area contributed by atoms with Gasteiger partial charge in [0.2, 0.25) is 0 Å². The zero-order valence-electron chi connectivity index (χ0n) is 8.78. The lowest BCUT2D eigenvalue weighted by Gasteiger charge is -2.15. The second-order valence-electron chi connectivity index (χ2n) is 4.02. The van der Waals surface area contributed by atoms with E-state index in [1.165, 1.54) is 32.0 Å². The Hall–Kier alpha value is -1.03. The van der Waals surface area contributed by atoms with Crippen molar-refractivity contribution < 1.29 is 13.2 Å². The van der Waals surface area contributed by atoms with E-state index in [1.807, 2.05) is 0 Å². The fourth-order valence-corrected chi connectivity index (χ4v) is 1.19. The molecule has 0 aliphatic heterocycles. The van der Waals surface area contributed by atoms with Gasteiger partial charge < -0.3 is 5.32 Å². The van der Waals surface area contributed by atoms with E-state index in [-0.39, 0.29) is 18.7 Å². The molecule has 0 spiro atoms. The number of nitrogens with one attached hydrogen (secondary N) is 1. The Balaban J connectivity index is 2.58. The van der Waals surface area contributed by atoms with Gasteiger partial charge in [0, 0.05) is 18.7 Å². The lowest BCUT2D eigenvalue weighted by Crippen LogP contribution is -2.31. The van der Waals surface area contributed by atoms with Crippen LogP contribution in [0.3, 0.4) is 0 Å². The third kappa shape index (κ3) is 3.91. The minimum absolute atomic E-state index is 0.00808. The third-order valence-electron chi connectivity index (χ3n) is 1.91. The molecule has 1 rings (SSSR count). The fourth-order valence-electron chi connectivity index (χ4n) is 1.19. The van der Waals surface area contributed by atoms with Crippen molar-refractivity contribution in [2.75, 3.05) is 6.54 Å². The van der Waals surface area contributed by atoms with E-state index < -0.39 is 17.3 Å². The fraction of sp³-hybridized carbons (Fsp3) is 0.455. The van der Waals surface area contributed by atoms with Gasteiger partial charge in [-0.05, 0) is 26.0 Å². The molecule has 0 radical (unpaired) electrons. The highest BCUT2D eigenvalue weighted by molar-refractivity contribution is 5.19. The highest BCUT2D eigenvalue weighted by Crippen LogP contribution is 2.12. The first kappa shape index (κ1) is 12.0. The molecular formula is C11H14F3N. The van der Waals surface area contributed by atoms with E-state index in [9.17, 15) is 13.2 Å². The summed E-state index contributed by atoms with van der Waals surface area (Å²) in [4.78, 5) is 0. The molecule has 4 heteroatoms. The zero-order valence-corrected chi connectivity index (χ0v) is 8.78. The van der Waals surface area contributed by atoms with Crippen molar-refractivity contribution in [2.24, 2.45) is 0 Å². The van der Waals surface area contributed by atoms with E-state index in [0.29, 0.717) is 0 Å². The number of rotatable bonds is 4. The van der Waals surface area contributed by atoms with E-state index in [2.05, 4.69) is 5.32 Å². The largest absolute Gasteiger partial charge is 0.309 e. The number of hydrogen-bond acceptors (Lipinski definition) is 1. The van der Waals surface area contributed by atoms with Crippen LogP contribution < -0.4 is 5.32 Å². The van der Waals surface area contributed by atoms with Gasteiger partial charge in [-0.1, -0.05) is 6.07 Å². The highest BCUT2D eigenvalue weighted by atomic mass is 19.1. The Bertz CT molecular complexity index is 311. The predicted octanol–water partition coefficient (Wildman–Crippen LogP) is 2.80. The molecule has 0 amide bonds. The summed E-state index contributed by atoms with van der Waals surface area (Å²) in [6.07, 6.45) is 0. The minimum atomic E-state index is -1.39. The van der Waals surface area contributed by atoms with E-state index >= 15 is 0 Å². The summed E-state index contributed by atoms with van der Waals surface area (Å²) in [7, 11) is 0. The van der Waals surface area contributed by atoms with Gasteiger partial charge in [-0.3, -0.25) is 0 Å². The molecule has 0 aliphatic carbocycles. The first-order valence-corrected chi connectivity index (χ1v) is 4.73. The molecule has 0 fully saturated rings. The Morgan fingerprint density at radius 2 is 1.73 bits per heavy atom. The molecule has 0 aliphatic rings. The van der Waals surface area contributed by atoms with Crippen molar-refractivity contribution >= 4 is 0 Å². The van der Waals surface area contributed by atoms with Crippen LogP contribution in [0.1, 0.15) is 19.4 Å². The van der Waals surface area contributed by atoms with E-state index in [0.717, 1.165) is 0 Å². The van der Waals surface area contributed by atoms with Crippen LogP contribution in [0, 0.1) is 11.6 Å². The lowest BCUT2D eigenvalue weighted by molar-refractivity contribution is 0.209. The van der Waals surface area contributed by atoms with Gasteiger partial charge in [0.25, 0.3) is 0 Å². The van der Waals surface area contributed by atoms with Crippen LogP contribution in [0.5, 0.6) is 0 Å². The second-order valence-corrected chi connectivity index (χ2v) is 4.02. The number of benzene rings is 1. The molecule has 0 saturated carbocycles. The van der Waals surface area contributed by atoms with Crippen LogP contribution in [0.2, 0.25) is 0 Å². The smallest absolute Gasteiger partial charge is 0.130 e.